The fourth-order valence-corrected chi connectivity index (χ4v) is 2.65. The molecule has 3 rings (SSSR count). The van der Waals surface area contributed by atoms with Crippen LogP contribution in [-0.4, -0.2) is 60.6 Å². The summed E-state index contributed by atoms with van der Waals surface area (Å²) in [5.74, 6) is 0. The molecule has 0 fully saturated rings. The first kappa shape index (κ1) is 11.6. The number of hydrogen-bond acceptors (Lipinski definition) is 4. The van der Waals surface area contributed by atoms with Crippen molar-refractivity contribution in [2.45, 2.75) is 13.6 Å². The maximum absolute atomic E-state index is 2.35. The van der Waals surface area contributed by atoms with Gasteiger partial charge in [-0.15, -0.1) is 0 Å². The molecule has 2 radical (unpaired) electrons. The zero-order valence-corrected chi connectivity index (χ0v) is 11.1. The van der Waals surface area contributed by atoms with Gasteiger partial charge in [0.15, 0.2) is 0 Å². The molecule has 6 heteroatoms. The second-order valence-corrected chi connectivity index (χ2v) is 4.88. The Hall–Kier alpha value is -1.45. The van der Waals surface area contributed by atoms with Crippen molar-refractivity contribution < 1.29 is 0 Å². The highest BCUT2D eigenvalue weighted by Gasteiger charge is 2.32. The number of nitrogens with zero attached hydrogens (tertiary/aromatic N) is 4. The van der Waals surface area contributed by atoms with Gasteiger partial charge in [-0.25, -0.2) is 0 Å². The van der Waals surface area contributed by atoms with Crippen LogP contribution in [0.3, 0.4) is 0 Å². The summed E-state index contributed by atoms with van der Waals surface area (Å²) in [6.45, 7) is 6.10. The Labute approximate surface area is 111 Å². The van der Waals surface area contributed by atoms with E-state index in [1.165, 1.54) is 11.4 Å². The minimum absolute atomic E-state index is 0.949. The molecule has 0 spiro atoms. The van der Waals surface area contributed by atoms with Gasteiger partial charge >= 0.3 is 0 Å². The normalized spacial score (nSPS) is 20.8. The summed E-state index contributed by atoms with van der Waals surface area (Å²) in [5.41, 5.74) is 2.58. The number of hydrogen-bond donors (Lipinski definition) is 0. The quantitative estimate of drug-likeness (QED) is 0.671. The SMILES string of the molecule is C[B]CN1C=C2C=CC3=CN(C[B]C)CN3N2C1. The summed E-state index contributed by atoms with van der Waals surface area (Å²) >= 11 is 0. The van der Waals surface area contributed by atoms with Crippen LogP contribution in [0.5, 0.6) is 0 Å². The molecule has 0 aromatic rings. The molecule has 0 N–H and O–H groups in total. The van der Waals surface area contributed by atoms with Crippen molar-refractivity contribution in [3.63, 3.8) is 0 Å². The van der Waals surface area contributed by atoms with Crippen molar-refractivity contribution in [1.82, 2.24) is 19.8 Å². The minimum Gasteiger partial charge on any atom is -0.365 e. The average Bonchev–Trinajstić information content (AvgIpc) is 2.91. The van der Waals surface area contributed by atoms with E-state index in [0.29, 0.717) is 0 Å². The predicted molar refractivity (Wildman–Crippen MR) is 75.4 cm³/mol. The van der Waals surface area contributed by atoms with Gasteiger partial charge < -0.3 is 9.80 Å². The molecule has 4 nitrogen and oxygen atoms in total. The molecule has 0 saturated carbocycles. The van der Waals surface area contributed by atoms with Crippen LogP contribution in [0.15, 0.2) is 35.9 Å². The van der Waals surface area contributed by atoms with Gasteiger partial charge in [-0.05, 0) is 25.0 Å². The first-order chi connectivity index (χ1) is 8.81. The van der Waals surface area contributed by atoms with Crippen LogP contribution in [0.4, 0.5) is 0 Å². The van der Waals surface area contributed by atoms with Crippen LogP contribution in [0.25, 0.3) is 0 Å². The van der Waals surface area contributed by atoms with Crippen LogP contribution in [0.1, 0.15) is 0 Å². The minimum atomic E-state index is 0.949. The fraction of sp³-hybridized carbons (Fsp3) is 0.500. The van der Waals surface area contributed by atoms with Gasteiger partial charge in [-0.2, -0.15) is 0 Å². The molecule has 3 heterocycles. The summed E-state index contributed by atoms with van der Waals surface area (Å²) < 4.78 is 0. The maximum atomic E-state index is 2.35. The molecule has 0 amide bonds. The van der Waals surface area contributed by atoms with Gasteiger partial charge in [-0.3, -0.25) is 10.0 Å². The highest BCUT2D eigenvalue weighted by molar-refractivity contribution is 6.33. The van der Waals surface area contributed by atoms with Crippen LogP contribution in [-0.2, 0) is 0 Å². The van der Waals surface area contributed by atoms with E-state index >= 15 is 0 Å². The van der Waals surface area contributed by atoms with Crippen LogP contribution in [0.2, 0.25) is 13.6 Å². The van der Waals surface area contributed by atoms with Crippen molar-refractivity contribution in [2.24, 2.45) is 0 Å². The fourth-order valence-electron chi connectivity index (χ4n) is 2.65. The van der Waals surface area contributed by atoms with Gasteiger partial charge in [0.05, 0.1) is 11.4 Å². The smallest absolute Gasteiger partial charge is 0.132 e. The van der Waals surface area contributed by atoms with Crippen molar-refractivity contribution in [1.29, 1.82) is 0 Å². The number of hydrazine groups is 1. The Morgan fingerprint density at radius 3 is 1.72 bits per heavy atom. The molecule has 3 aliphatic rings. The summed E-state index contributed by atoms with van der Waals surface area (Å²) in [7, 11) is 4.39. The lowest BCUT2D eigenvalue weighted by Gasteiger charge is -2.37. The van der Waals surface area contributed by atoms with Gasteiger partial charge in [0.1, 0.15) is 27.9 Å². The standard InChI is InChI=1S/C12H18B2N4/c1-13-7-15-5-11-3-4-12-6-16(8-14-2)10-18(12)17(11)9-15/h3-6H,7-10H2,1-2H3. The topological polar surface area (TPSA) is 13.0 Å². The van der Waals surface area contributed by atoms with E-state index in [-0.39, 0.29) is 0 Å². The molecule has 92 valence electrons. The lowest BCUT2D eigenvalue weighted by Crippen LogP contribution is -2.44. The highest BCUT2D eigenvalue weighted by Crippen LogP contribution is 2.31. The van der Waals surface area contributed by atoms with E-state index in [1.807, 2.05) is 0 Å². The number of fused-ring (bicyclic) bond motifs is 3. The largest absolute Gasteiger partial charge is 0.365 e. The predicted octanol–water partition coefficient (Wildman–Crippen LogP) is 0.724. The third kappa shape index (κ3) is 1.89. The molecule has 0 unspecified atom stereocenters. The van der Waals surface area contributed by atoms with E-state index < -0.39 is 0 Å². The number of allylic oxidation sites excluding steroid dienone is 2. The van der Waals surface area contributed by atoms with Crippen molar-refractivity contribution in [2.75, 3.05) is 26.2 Å². The molecular formula is C12H18B2N4. The summed E-state index contributed by atoms with van der Waals surface area (Å²) in [6, 6.07) is 0. The van der Waals surface area contributed by atoms with E-state index in [0.717, 1.165) is 26.2 Å². The molecule has 18 heavy (non-hydrogen) atoms. The third-order valence-electron chi connectivity index (χ3n) is 3.41. The van der Waals surface area contributed by atoms with Gasteiger partial charge in [-0.1, -0.05) is 13.6 Å². The second kappa shape index (κ2) is 4.67. The van der Waals surface area contributed by atoms with Crippen molar-refractivity contribution in [3.05, 3.63) is 35.9 Å². The highest BCUT2D eigenvalue weighted by atomic mass is 15.7. The van der Waals surface area contributed by atoms with Crippen molar-refractivity contribution >= 4 is 14.6 Å². The van der Waals surface area contributed by atoms with E-state index in [2.05, 4.69) is 72.6 Å². The monoisotopic (exact) mass is 240 g/mol. The Bertz CT molecular complexity index is 380. The summed E-state index contributed by atoms with van der Waals surface area (Å²) in [6.07, 6.45) is 10.9. The molecular weight excluding hydrogens is 222 g/mol. The molecule has 0 bridgehead atoms. The Balaban J connectivity index is 1.74. The number of rotatable bonds is 4. The zero-order valence-electron chi connectivity index (χ0n) is 11.1. The lowest BCUT2D eigenvalue weighted by atomic mass is 9.82. The van der Waals surface area contributed by atoms with Gasteiger partial charge in [0, 0.05) is 12.4 Å². The van der Waals surface area contributed by atoms with Crippen LogP contribution >= 0.6 is 0 Å². The average molecular weight is 240 g/mol. The first-order valence-corrected chi connectivity index (χ1v) is 6.52. The molecule has 0 saturated heterocycles. The van der Waals surface area contributed by atoms with Gasteiger partial charge in [0.25, 0.3) is 0 Å². The molecule has 3 aliphatic heterocycles. The van der Waals surface area contributed by atoms with Crippen LogP contribution in [0, 0.1) is 0 Å². The first-order valence-electron chi connectivity index (χ1n) is 6.52. The van der Waals surface area contributed by atoms with Gasteiger partial charge in [0.2, 0.25) is 0 Å². The third-order valence-corrected chi connectivity index (χ3v) is 3.41. The second-order valence-electron chi connectivity index (χ2n) is 4.88. The molecule has 0 aliphatic carbocycles. The summed E-state index contributed by atoms with van der Waals surface area (Å²) in [4.78, 5) is 4.66. The van der Waals surface area contributed by atoms with E-state index in [9.17, 15) is 0 Å². The Kier molecular flexibility index (Phi) is 3.02. The van der Waals surface area contributed by atoms with Crippen LogP contribution < -0.4 is 0 Å². The zero-order chi connectivity index (χ0) is 12.5. The molecule has 0 atom stereocenters. The maximum Gasteiger partial charge on any atom is 0.132 e. The molecule has 0 aromatic carbocycles. The Morgan fingerprint density at radius 1 is 0.889 bits per heavy atom. The van der Waals surface area contributed by atoms with E-state index in [1.54, 1.807) is 0 Å². The Morgan fingerprint density at radius 2 is 1.33 bits per heavy atom. The molecule has 0 aromatic heterocycles. The van der Waals surface area contributed by atoms with E-state index in [4.69, 9.17) is 0 Å². The lowest BCUT2D eigenvalue weighted by molar-refractivity contribution is 0.0223. The summed E-state index contributed by atoms with van der Waals surface area (Å²) in [5, 5.41) is 4.70. The van der Waals surface area contributed by atoms with Crippen molar-refractivity contribution in [3.8, 4) is 0 Å².